The summed E-state index contributed by atoms with van der Waals surface area (Å²) in [6, 6.07) is 18.4. The van der Waals surface area contributed by atoms with E-state index < -0.39 is 17.9 Å². The van der Waals surface area contributed by atoms with Crippen LogP contribution in [0.3, 0.4) is 0 Å². The Morgan fingerprint density at radius 3 is 2.50 bits per heavy atom. The molecule has 1 N–H and O–H groups in total. The fourth-order valence-electron chi connectivity index (χ4n) is 3.15. The summed E-state index contributed by atoms with van der Waals surface area (Å²) in [5.41, 5.74) is 1.02. The zero-order valence-electron chi connectivity index (χ0n) is 16.0. The molecular weight excluding hydrogens is 352 g/mol. The zero-order valence-corrected chi connectivity index (χ0v) is 16.0. The van der Waals surface area contributed by atoms with Gasteiger partial charge in [0.05, 0.1) is 0 Å². The second-order valence-corrected chi connectivity index (χ2v) is 7.06. The minimum absolute atomic E-state index is 0.0150. The Morgan fingerprint density at radius 1 is 1.07 bits per heavy atom. The van der Waals surface area contributed by atoms with E-state index in [1.165, 1.54) is 0 Å². The fraction of sp³-hybridized carbons (Fsp3) is 0.261. The molecule has 0 aliphatic carbocycles. The number of hydrogen-bond acceptors (Lipinski definition) is 5. The number of aromatic nitrogens is 1. The largest absolute Gasteiger partial charge is 0.406 e. The van der Waals surface area contributed by atoms with Gasteiger partial charge in [-0.15, -0.1) is 0 Å². The van der Waals surface area contributed by atoms with E-state index in [2.05, 4.69) is 10.3 Å². The molecule has 1 unspecified atom stereocenters. The van der Waals surface area contributed by atoms with Crippen LogP contribution in [-0.2, 0) is 16.1 Å². The van der Waals surface area contributed by atoms with Crippen LogP contribution < -0.4 is 10.1 Å². The van der Waals surface area contributed by atoms with Crippen molar-refractivity contribution in [2.24, 2.45) is 11.8 Å². The molecule has 0 aliphatic rings. The molecule has 0 fully saturated rings. The Labute approximate surface area is 164 Å². The molecular formula is C23H24N2O3. The molecule has 2 aromatic carbocycles. The van der Waals surface area contributed by atoms with Crippen LogP contribution in [0.1, 0.15) is 19.4 Å². The lowest BCUT2D eigenvalue weighted by molar-refractivity contribution is -0.140. The number of carbonyl (C=O) groups is 2. The molecule has 144 valence electrons. The lowest BCUT2D eigenvalue weighted by atomic mass is 9.89. The van der Waals surface area contributed by atoms with Crippen LogP contribution in [0.2, 0.25) is 0 Å². The molecule has 3 aromatic rings. The third-order valence-corrected chi connectivity index (χ3v) is 4.77. The van der Waals surface area contributed by atoms with E-state index in [0.717, 1.165) is 22.6 Å². The van der Waals surface area contributed by atoms with Crippen LogP contribution in [0.5, 0.6) is 5.88 Å². The molecule has 0 saturated heterocycles. The zero-order chi connectivity index (χ0) is 19.9. The van der Waals surface area contributed by atoms with Crippen LogP contribution in [0.15, 0.2) is 66.9 Å². The third-order valence-electron chi connectivity index (χ3n) is 4.77. The second-order valence-electron chi connectivity index (χ2n) is 7.06. The van der Waals surface area contributed by atoms with Crippen LogP contribution in [-0.4, -0.2) is 23.3 Å². The molecule has 5 nitrogen and oxygen atoms in total. The van der Waals surface area contributed by atoms with Gasteiger partial charge in [-0.05, 0) is 29.0 Å². The molecule has 3 rings (SSSR count). The minimum atomic E-state index is -0.765. The highest BCUT2D eigenvalue weighted by Crippen LogP contribution is 2.24. The van der Waals surface area contributed by atoms with Gasteiger partial charge in [0.2, 0.25) is 5.88 Å². The van der Waals surface area contributed by atoms with E-state index in [9.17, 15) is 9.59 Å². The Hall–Kier alpha value is -3.05. The highest BCUT2D eigenvalue weighted by atomic mass is 16.5. The molecule has 1 aromatic heterocycles. The molecule has 28 heavy (non-hydrogen) atoms. The van der Waals surface area contributed by atoms with Gasteiger partial charge in [-0.1, -0.05) is 62.4 Å². The van der Waals surface area contributed by atoms with Crippen molar-refractivity contribution in [3.8, 4) is 5.88 Å². The van der Waals surface area contributed by atoms with Gasteiger partial charge < -0.3 is 9.53 Å². The molecule has 5 heteroatoms. The second kappa shape index (κ2) is 9.24. The predicted octanol–water partition coefficient (Wildman–Crippen LogP) is 3.77. The maximum atomic E-state index is 13.0. The standard InChI is InChI=1S/C23H24N2O3/c1-16(2)20(15-26)21(25-14-17-8-4-3-5-9-17)23(27)28-22-19-11-7-6-10-18(19)12-13-24-22/h3-13,15-16,20-21,25H,14H2,1-2H3/t20?,21-/m0/s1. The number of hydrogen-bond donors (Lipinski definition) is 1. The van der Waals surface area contributed by atoms with Crippen LogP contribution in [0, 0.1) is 11.8 Å². The lowest BCUT2D eigenvalue weighted by Gasteiger charge is -2.25. The van der Waals surface area contributed by atoms with Gasteiger partial charge in [0.25, 0.3) is 0 Å². The Bertz CT molecular complexity index is 935. The maximum absolute atomic E-state index is 13.0. The highest BCUT2D eigenvalue weighted by Gasteiger charge is 2.32. The van der Waals surface area contributed by atoms with Crippen molar-refractivity contribution in [1.29, 1.82) is 0 Å². The van der Waals surface area contributed by atoms with Crippen LogP contribution in [0.25, 0.3) is 10.8 Å². The summed E-state index contributed by atoms with van der Waals surface area (Å²) in [6.07, 6.45) is 2.43. The predicted molar refractivity (Wildman–Crippen MR) is 109 cm³/mol. The summed E-state index contributed by atoms with van der Waals surface area (Å²) >= 11 is 0. The Balaban J connectivity index is 1.83. The Kier molecular flexibility index (Phi) is 6.50. The van der Waals surface area contributed by atoms with Crippen LogP contribution >= 0.6 is 0 Å². The first kappa shape index (κ1) is 19.7. The summed E-state index contributed by atoms with van der Waals surface area (Å²) in [5, 5.41) is 4.89. The van der Waals surface area contributed by atoms with Gasteiger partial charge in [0.15, 0.2) is 0 Å². The summed E-state index contributed by atoms with van der Waals surface area (Å²) < 4.78 is 5.64. The first-order valence-electron chi connectivity index (χ1n) is 9.38. The SMILES string of the molecule is CC(C)C(C=O)[C@H](NCc1ccccc1)C(=O)Oc1nccc2ccccc12. The number of ether oxygens (including phenoxy) is 1. The van der Waals surface area contributed by atoms with E-state index >= 15 is 0 Å². The molecule has 0 bridgehead atoms. The molecule has 0 spiro atoms. The molecule has 2 atom stereocenters. The number of nitrogens with zero attached hydrogens (tertiary/aromatic N) is 1. The molecule has 0 radical (unpaired) electrons. The van der Waals surface area contributed by atoms with Crippen molar-refractivity contribution < 1.29 is 14.3 Å². The van der Waals surface area contributed by atoms with E-state index in [1.807, 2.05) is 74.5 Å². The average Bonchev–Trinajstić information content (AvgIpc) is 2.71. The van der Waals surface area contributed by atoms with Crippen molar-refractivity contribution in [2.75, 3.05) is 0 Å². The minimum Gasteiger partial charge on any atom is -0.406 e. The first-order chi connectivity index (χ1) is 13.6. The molecule has 1 heterocycles. The smallest absolute Gasteiger partial charge is 0.330 e. The molecule has 0 saturated carbocycles. The third kappa shape index (κ3) is 4.61. The van der Waals surface area contributed by atoms with Gasteiger partial charge in [0.1, 0.15) is 12.3 Å². The van der Waals surface area contributed by atoms with E-state index in [0.29, 0.717) is 6.54 Å². The Morgan fingerprint density at radius 2 is 1.79 bits per heavy atom. The van der Waals surface area contributed by atoms with Gasteiger partial charge >= 0.3 is 5.97 Å². The number of benzene rings is 2. The van der Waals surface area contributed by atoms with Crippen molar-refractivity contribution in [2.45, 2.75) is 26.4 Å². The normalized spacial score (nSPS) is 13.2. The summed E-state index contributed by atoms with van der Waals surface area (Å²) in [4.78, 5) is 28.9. The lowest BCUT2D eigenvalue weighted by Crippen LogP contribution is -2.47. The summed E-state index contributed by atoms with van der Waals surface area (Å²) in [5.74, 6) is -0.779. The quantitative estimate of drug-likeness (QED) is 0.479. The van der Waals surface area contributed by atoms with Gasteiger partial charge in [-0.2, -0.15) is 0 Å². The van der Waals surface area contributed by atoms with E-state index in [-0.39, 0.29) is 11.8 Å². The van der Waals surface area contributed by atoms with Crippen molar-refractivity contribution in [3.05, 3.63) is 72.4 Å². The number of aldehydes is 1. The van der Waals surface area contributed by atoms with Crippen molar-refractivity contribution in [1.82, 2.24) is 10.3 Å². The highest BCUT2D eigenvalue weighted by molar-refractivity contribution is 5.90. The molecule has 0 amide bonds. The summed E-state index contributed by atoms with van der Waals surface area (Å²) in [6.45, 7) is 4.29. The van der Waals surface area contributed by atoms with E-state index in [4.69, 9.17) is 4.74 Å². The number of pyridine rings is 1. The van der Waals surface area contributed by atoms with Crippen LogP contribution in [0.4, 0.5) is 0 Å². The van der Waals surface area contributed by atoms with Gasteiger partial charge in [-0.3, -0.25) is 5.32 Å². The average molecular weight is 376 g/mol. The molecule has 0 aliphatic heterocycles. The summed E-state index contributed by atoms with van der Waals surface area (Å²) in [7, 11) is 0. The topological polar surface area (TPSA) is 68.3 Å². The number of fused-ring (bicyclic) bond motifs is 1. The first-order valence-corrected chi connectivity index (χ1v) is 9.38. The van der Waals surface area contributed by atoms with E-state index in [1.54, 1.807) is 6.20 Å². The number of carbonyl (C=O) groups excluding carboxylic acids is 2. The monoisotopic (exact) mass is 376 g/mol. The van der Waals surface area contributed by atoms with Crippen molar-refractivity contribution >= 4 is 23.0 Å². The fourth-order valence-corrected chi connectivity index (χ4v) is 3.15. The van der Waals surface area contributed by atoms with Crippen molar-refractivity contribution in [3.63, 3.8) is 0 Å². The number of nitrogens with one attached hydrogen (secondary N) is 1. The van der Waals surface area contributed by atoms with Gasteiger partial charge in [-0.25, -0.2) is 9.78 Å². The number of esters is 1. The van der Waals surface area contributed by atoms with Gasteiger partial charge in [0, 0.05) is 24.0 Å². The maximum Gasteiger partial charge on any atom is 0.330 e. The number of rotatable bonds is 8.